The van der Waals surface area contributed by atoms with E-state index in [1.165, 1.54) is 25.7 Å². The summed E-state index contributed by atoms with van der Waals surface area (Å²) in [7, 11) is 0. The number of hydrogen-bond acceptors (Lipinski definition) is 2. The van der Waals surface area contributed by atoms with Gasteiger partial charge < -0.3 is 10.8 Å². The topological polar surface area (TPSA) is 63.3 Å². The van der Waals surface area contributed by atoms with Crippen LogP contribution in [0.3, 0.4) is 0 Å². The van der Waals surface area contributed by atoms with Crippen LogP contribution < -0.4 is 5.73 Å². The Morgan fingerprint density at radius 3 is 2.71 bits per heavy atom. The minimum absolute atomic E-state index is 0.0447. The van der Waals surface area contributed by atoms with Gasteiger partial charge in [-0.05, 0) is 36.6 Å². The molecule has 0 aromatic carbocycles. The maximum Gasteiger partial charge on any atom is 0.303 e. The summed E-state index contributed by atoms with van der Waals surface area (Å²) >= 11 is 0. The van der Waals surface area contributed by atoms with Gasteiger partial charge in [0.2, 0.25) is 0 Å². The van der Waals surface area contributed by atoms with Crippen LogP contribution in [0.2, 0.25) is 0 Å². The van der Waals surface area contributed by atoms with Crippen LogP contribution in [-0.4, -0.2) is 17.6 Å². The molecule has 0 unspecified atom stereocenters. The first-order valence-electron chi connectivity index (χ1n) is 5.60. The molecular formula is C11H19NO2. The van der Waals surface area contributed by atoms with Crippen LogP contribution in [-0.2, 0) is 4.79 Å². The fourth-order valence-corrected chi connectivity index (χ4v) is 3.58. The molecule has 0 aromatic rings. The molecule has 0 bridgehead atoms. The number of aliphatic carboxylic acids is 1. The van der Waals surface area contributed by atoms with Crippen LogP contribution in [0.5, 0.6) is 0 Å². The van der Waals surface area contributed by atoms with Crippen molar-refractivity contribution in [3.63, 3.8) is 0 Å². The SMILES string of the molecule is NC[C@@]1(CC(=O)O)C[C@@H]2CCCC[C@@H]21. The second-order valence-corrected chi connectivity index (χ2v) is 4.99. The molecule has 0 aliphatic heterocycles. The standard InChI is InChI=1S/C11H19NO2/c12-7-11(6-10(13)14)5-8-3-1-2-4-9(8)11/h8-9H,1-7,12H2,(H,13,14)/t8-,9-,11-/m0/s1. The first-order chi connectivity index (χ1) is 6.68. The Morgan fingerprint density at radius 2 is 2.14 bits per heavy atom. The number of carbonyl (C=O) groups is 1. The average Bonchev–Trinajstić information content (AvgIpc) is 2.13. The first kappa shape index (κ1) is 9.97. The minimum atomic E-state index is -0.681. The maximum absolute atomic E-state index is 10.8. The van der Waals surface area contributed by atoms with Gasteiger partial charge in [0, 0.05) is 0 Å². The molecule has 80 valence electrons. The van der Waals surface area contributed by atoms with Crippen molar-refractivity contribution < 1.29 is 9.90 Å². The molecule has 0 heterocycles. The fourth-order valence-electron chi connectivity index (χ4n) is 3.58. The van der Waals surface area contributed by atoms with Gasteiger partial charge in [0.05, 0.1) is 6.42 Å². The highest BCUT2D eigenvalue weighted by atomic mass is 16.4. The molecule has 3 N–H and O–H groups in total. The van der Waals surface area contributed by atoms with Crippen molar-refractivity contribution in [1.82, 2.24) is 0 Å². The minimum Gasteiger partial charge on any atom is -0.481 e. The Bertz CT molecular complexity index is 241. The van der Waals surface area contributed by atoms with Gasteiger partial charge in [-0.3, -0.25) is 4.79 Å². The molecule has 2 aliphatic rings. The zero-order chi connectivity index (χ0) is 10.2. The largest absolute Gasteiger partial charge is 0.481 e. The summed E-state index contributed by atoms with van der Waals surface area (Å²) in [6.45, 7) is 0.556. The van der Waals surface area contributed by atoms with E-state index in [4.69, 9.17) is 10.8 Å². The number of carboxylic acid groups (broad SMARTS) is 1. The molecule has 0 saturated heterocycles. The molecule has 3 heteroatoms. The van der Waals surface area contributed by atoms with Gasteiger partial charge in [-0.1, -0.05) is 19.3 Å². The second kappa shape index (κ2) is 3.54. The predicted octanol–water partition coefficient (Wildman–Crippen LogP) is 1.62. The summed E-state index contributed by atoms with van der Waals surface area (Å²) in [5.41, 5.74) is 5.72. The van der Waals surface area contributed by atoms with Crippen molar-refractivity contribution in [1.29, 1.82) is 0 Å². The highest BCUT2D eigenvalue weighted by Gasteiger charge is 2.53. The van der Waals surface area contributed by atoms with Crippen molar-refractivity contribution in [2.45, 2.75) is 38.5 Å². The molecule has 2 rings (SSSR count). The molecule has 0 radical (unpaired) electrons. The molecule has 0 spiro atoms. The van der Waals surface area contributed by atoms with Crippen molar-refractivity contribution in [2.24, 2.45) is 23.0 Å². The van der Waals surface area contributed by atoms with Crippen molar-refractivity contribution >= 4 is 5.97 Å². The lowest BCUT2D eigenvalue weighted by Gasteiger charge is -2.57. The smallest absolute Gasteiger partial charge is 0.303 e. The zero-order valence-corrected chi connectivity index (χ0v) is 8.54. The van der Waals surface area contributed by atoms with Gasteiger partial charge in [-0.2, -0.15) is 0 Å². The van der Waals surface area contributed by atoms with E-state index >= 15 is 0 Å². The lowest BCUT2D eigenvalue weighted by Crippen LogP contribution is -2.54. The van der Waals surface area contributed by atoms with E-state index in [0.29, 0.717) is 12.5 Å². The molecule has 2 fully saturated rings. The Kier molecular flexibility index (Phi) is 2.52. The van der Waals surface area contributed by atoms with Gasteiger partial charge in [-0.15, -0.1) is 0 Å². The molecule has 3 nitrogen and oxygen atoms in total. The lowest BCUT2D eigenvalue weighted by molar-refractivity contribution is -0.148. The Morgan fingerprint density at radius 1 is 1.43 bits per heavy atom. The van der Waals surface area contributed by atoms with E-state index in [2.05, 4.69) is 0 Å². The number of carboxylic acids is 1. The third-order valence-corrected chi connectivity index (χ3v) is 4.27. The molecule has 3 atom stereocenters. The Balaban J connectivity index is 2.04. The van der Waals surface area contributed by atoms with Gasteiger partial charge in [-0.25, -0.2) is 0 Å². The molecule has 2 saturated carbocycles. The number of rotatable bonds is 3. The predicted molar refractivity (Wildman–Crippen MR) is 53.8 cm³/mol. The van der Waals surface area contributed by atoms with Gasteiger partial charge in [0.15, 0.2) is 0 Å². The summed E-state index contributed by atoms with van der Waals surface area (Å²) in [6.07, 6.45) is 6.43. The first-order valence-corrected chi connectivity index (χ1v) is 5.60. The van der Waals surface area contributed by atoms with Crippen molar-refractivity contribution in [3.05, 3.63) is 0 Å². The van der Waals surface area contributed by atoms with E-state index in [1.807, 2.05) is 0 Å². The Hall–Kier alpha value is -0.570. The van der Waals surface area contributed by atoms with Gasteiger partial charge in [0.25, 0.3) is 0 Å². The van der Waals surface area contributed by atoms with Crippen LogP contribution in [0.1, 0.15) is 38.5 Å². The summed E-state index contributed by atoms with van der Waals surface area (Å²) in [6, 6.07) is 0. The third-order valence-electron chi connectivity index (χ3n) is 4.27. The normalized spacial score (nSPS) is 41.2. The number of hydrogen-bond donors (Lipinski definition) is 2. The monoisotopic (exact) mass is 197 g/mol. The third kappa shape index (κ3) is 1.44. The van der Waals surface area contributed by atoms with Crippen LogP contribution in [0.15, 0.2) is 0 Å². The highest BCUT2D eigenvalue weighted by molar-refractivity contribution is 5.68. The quantitative estimate of drug-likeness (QED) is 0.722. The lowest BCUT2D eigenvalue weighted by atomic mass is 9.48. The summed E-state index contributed by atoms with van der Waals surface area (Å²) in [5, 5.41) is 8.88. The number of fused-ring (bicyclic) bond motifs is 1. The molecule has 2 aliphatic carbocycles. The van der Waals surface area contributed by atoms with E-state index < -0.39 is 5.97 Å². The molecule has 14 heavy (non-hydrogen) atoms. The summed E-state index contributed by atoms with van der Waals surface area (Å²) in [5.74, 6) is 0.712. The zero-order valence-electron chi connectivity index (χ0n) is 8.54. The van der Waals surface area contributed by atoms with Gasteiger partial charge in [0.1, 0.15) is 0 Å². The molecule has 0 aromatic heterocycles. The van der Waals surface area contributed by atoms with Crippen LogP contribution in [0.25, 0.3) is 0 Å². The molecule has 0 amide bonds. The second-order valence-electron chi connectivity index (χ2n) is 4.99. The van der Waals surface area contributed by atoms with Crippen molar-refractivity contribution in [3.8, 4) is 0 Å². The van der Waals surface area contributed by atoms with Crippen LogP contribution in [0.4, 0.5) is 0 Å². The van der Waals surface area contributed by atoms with E-state index in [0.717, 1.165) is 12.3 Å². The van der Waals surface area contributed by atoms with Gasteiger partial charge >= 0.3 is 5.97 Å². The number of nitrogens with two attached hydrogens (primary N) is 1. The van der Waals surface area contributed by atoms with Crippen molar-refractivity contribution in [2.75, 3.05) is 6.54 Å². The highest BCUT2D eigenvalue weighted by Crippen LogP contribution is 2.58. The Labute approximate surface area is 84.7 Å². The fraction of sp³-hybridized carbons (Fsp3) is 0.909. The maximum atomic E-state index is 10.8. The van der Waals surface area contributed by atoms with E-state index in [9.17, 15) is 4.79 Å². The van der Waals surface area contributed by atoms with Crippen LogP contribution in [0, 0.1) is 17.3 Å². The van der Waals surface area contributed by atoms with Crippen LogP contribution >= 0.6 is 0 Å². The summed E-state index contributed by atoms with van der Waals surface area (Å²) < 4.78 is 0. The molecular weight excluding hydrogens is 178 g/mol. The van der Waals surface area contributed by atoms with E-state index in [-0.39, 0.29) is 11.8 Å². The average molecular weight is 197 g/mol. The summed E-state index contributed by atoms with van der Waals surface area (Å²) in [4.78, 5) is 10.8. The van der Waals surface area contributed by atoms with E-state index in [1.54, 1.807) is 0 Å².